The highest BCUT2D eigenvalue weighted by Gasteiger charge is 2.10. The first-order valence-electron chi connectivity index (χ1n) is 4.98. The number of rotatable bonds is 4. The lowest BCUT2D eigenvalue weighted by Crippen LogP contribution is -2.20. The van der Waals surface area contributed by atoms with Crippen LogP contribution >= 0.6 is 15.9 Å². The molecule has 1 atom stereocenters. The summed E-state index contributed by atoms with van der Waals surface area (Å²) in [5, 5.41) is 2.52. The van der Waals surface area contributed by atoms with E-state index in [0.717, 1.165) is 4.47 Å². The minimum absolute atomic E-state index is 0.0928. The molecule has 16 heavy (non-hydrogen) atoms. The normalized spacial score (nSPS) is 12.2. The molecule has 0 aromatic heterocycles. The summed E-state index contributed by atoms with van der Waals surface area (Å²) in [5.74, 6) is -0.581. The molecule has 1 amide bonds. The van der Waals surface area contributed by atoms with Crippen LogP contribution in [0.25, 0.3) is 0 Å². The van der Waals surface area contributed by atoms with Crippen LogP contribution in [-0.2, 0) is 4.79 Å². The maximum atomic E-state index is 13.3. The summed E-state index contributed by atoms with van der Waals surface area (Å²) in [6.07, 6.45) is 0.294. The fourth-order valence-corrected chi connectivity index (χ4v) is 1.56. The van der Waals surface area contributed by atoms with Crippen molar-refractivity contribution in [1.29, 1.82) is 0 Å². The van der Waals surface area contributed by atoms with Crippen LogP contribution in [-0.4, -0.2) is 12.5 Å². The third-order valence-electron chi connectivity index (χ3n) is 2.14. The third kappa shape index (κ3) is 3.90. The van der Waals surface area contributed by atoms with Crippen molar-refractivity contribution in [2.24, 2.45) is 11.7 Å². The van der Waals surface area contributed by atoms with Crippen molar-refractivity contribution in [3.63, 3.8) is 0 Å². The van der Waals surface area contributed by atoms with E-state index in [4.69, 9.17) is 5.73 Å². The number of carbonyl (C=O) groups excluding carboxylic acids is 1. The minimum Gasteiger partial charge on any atom is -0.330 e. The maximum Gasteiger partial charge on any atom is 0.224 e. The summed E-state index contributed by atoms with van der Waals surface area (Å²) < 4.78 is 14.0. The fourth-order valence-electron chi connectivity index (χ4n) is 1.19. The molecule has 0 spiro atoms. The van der Waals surface area contributed by atoms with Gasteiger partial charge >= 0.3 is 0 Å². The molecule has 0 saturated carbocycles. The molecule has 0 aliphatic heterocycles. The molecule has 1 aromatic carbocycles. The standard InChI is InChI=1S/C11H14BrFN2O/c1-7(6-14)4-11(16)15-10-5-8(12)2-3-9(10)13/h2-3,5,7H,4,6,14H2,1H3,(H,15,16). The molecule has 3 nitrogen and oxygen atoms in total. The molecular formula is C11H14BrFN2O. The molecule has 0 saturated heterocycles. The first-order chi connectivity index (χ1) is 7.52. The van der Waals surface area contributed by atoms with Crippen molar-refractivity contribution >= 4 is 27.5 Å². The Hall–Kier alpha value is -0.940. The van der Waals surface area contributed by atoms with E-state index < -0.39 is 5.82 Å². The van der Waals surface area contributed by atoms with Crippen LogP contribution in [0.15, 0.2) is 22.7 Å². The van der Waals surface area contributed by atoms with Crippen molar-refractivity contribution in [3.8, 4) is 0 Å². The van der Waals surface area contributed by atoms with E-state index in [1.54, 1.807) is 6.07 Å². The second-order valence-electron chi connectivity index (χ2n) is 3.72. The van der Waals surface area contributed by atoms with E-state index in [9.17, 15) is 9.18 Å². The van der Waals surface area contributed by atoms with Gasteiger partial charge in [0, 0.05) is 10.9 Å². The number of benzene rings is 1. The number of halogens is 2. The van der Waals surface area contributed by atoms with Crippen LogP contribution in [0.4, 0.5) is 10.1 Å². The molecule has 3 N–H and O–H groups in total. The highest BCUT2D eigenvalue weighted by atomic mass is 79.9. The fraction of sp³-hybridized carbons (Fsp3) is 0.364. The third-order valence-corrected chi connectivity index (χ3v) is 2.63. The highest BCUT2D eigenvalue weighted by molar-refractivity contribution is 9.10. The molecule has 0 aliphatic rings. The van der Waals surface area contributed by atoms with Crippen LogP contribution in [0.2, 0.25) is 0 Å². The Labute approximate surface area is 102 Å². The number of nitrogens with two attached hydrogens (primary N) is 1. The van der Waals surface area contributed by atoms with Crippen LogP contribution in [0.3, 0.4) is 0 Å². The van der Waals surface area contributed by atoms with Gasteiger partial charge in [-0.3, -0.25) is 4.79 Å². The summed E-state index contributed by atoms with van der Waals surface area (Å²) in [5.41, 5.74) is 5.59. The largest absolute Gasteiger partial charge is 0.330 e. The smallest absolute Gasteiger partial charge is 0.224 e. The second kappa shape index (κ2) is 5.96. The Morgan fingerprint density at radius 3 is 2.94 bits per heavy atom. The molecule has 0 radical (unpaired) electrons. The lowest BCUT2D eigenvalue weighted by molar-refractivity contribution is -0.116. The van der Waals surface area contributed by atoms with Crippen LogP contribution in [0, 0.1) is 11.7 Å². The number of hydrogen-bond donors (Lipinski definition) is 2. The Morgan fingerprint density at radius 2 is 2.31 bits per heavy atom. The summed E-state index contributed by atoms with van der Waals surface area (Å²) in [6, 6.07) is 4.40. The van der Waals surface area contributed by atoms with Gasteiger partial charge in [0.05, 0.1) is 5.69 Å². The van der Waals surface area contributed by atoms with Gasteiger partial charge in [-0.1, -0.05) is 22.9 Å². The van der Waals surface area contributed by atoms with Gasteiger partial charge in [-0.2, -0.15) is 0 Å². The van der Waals surface area contributed by atoms with Crippen molar-refractivity contribution in [1.82, 2.24) is 0 Å². The lowest BCUT2D eigenvalue weighted by Gasteiger charge is -2.10. The quantitative estimate of drug-likeness (QED) is 0.894. The van der Waals surface area contributed by atoms with E-state index in [2.05, 4.69) is 21.2 Å². The molecule has 0 heterocycles. The van der Waals surface area contributed by atoms with Crippen LogP contribution < -0.4 is 11.1 Å². The number of anilines is 1. The molecule has 0 aliphatic carbocycles. The van der Waals surface area contributed by atoms with Crippen molar-refractivity contribution < 1.29 is 9.18 Å². The lowest BCUT2D eigenvalue weighted by atomic mass is 10.1. The van der Waals surface area contributed by atoms with Gasteiger partial charge in [0.1, 0.15) is 5.82 Å². The zero-order chi connectivity index (χ0) is 12.1. The van der Waals surface area contributed by atoms with E-state index in [1.807, 2.05) is 6.92 Å². The van der Waals surface area contributed by atoms with Crippen LogP contribution in [0.5, 0.6) is 0 Å². The predicted octanol–water partition coefficient (Wildman–Crippen LogP) is 2.51. The van der Waals surface area contributed by atoms with Gasteiger partial charge in [0.25, 0.3) is 0 Å². The highest BCUT2D eigenvalue weighted by Crippen LogP contribution is 2.20. The molecule has 0 fully saturated rings. The van der Waals surface area contributed by atoms with Gasteiger partial charge in [0.15, 0.2) is 0 Å². The van der Waals surface area contributed by atoms with Crippen molar-refractivity contribution in [2.45, 2.75) is 13.3 Å². The van der Waals surface area contributed by atoms with Gasteiger partial charge in [-0.05, 0) is 30.7 Å². The average molecular weight is 289 g/mol. The topological polar surface area (TPSA) is 55.1 Å². The molecule has 1 rings (SSSR count). The van der Waals surface area contributed by atoms with E-state index >= 15 is 0 Å². The van der Waals surface area contributed by atoms with Gasteiger partial charge < -0.3 is 11.1 Å². The molecular weight excluding hydrogens is 275 g/mol. The predicted molar refractivity (Wildman–Crippen MR) is 65.6 cm³/mol. The van der Waals surface area contributed by atoms with E-state index in [1.165, 1.54) is 12.1 Å². The first kappa shape index (κ1) is 13.1. The maximum absolute atomic E-state index is 13.3. The molecule has 1 unspecified atom stereocenters. The second-order valence-corrected chi connectivity index (χ2v) is 4.63. The number of carbonyl (C=O) groups is 1. The van der Waals surface area contributed by atoms with Crippen LogP contribution in [0.1, 0.15) is 13.3 Å². The summed E-state index contributed by atoms with van der Waals surface area (Å²) >= 11 is 3.21. The van der Waals surface area contributed by atoms with Gasteiger partial charge in [-0.15, -0.1) is 0 Å². The van der Waals surface area contributed by atoms with E-state index in [-0.39, 0.29) is 17.5 Å². The van der Waals surface area contributed by atoms with Gasteiger partial charge in [0.2, 0.25) is 5.91 Å². The Bertz CT molecular complexity index is 384. The summed E-state index contributed by atoms with van der Waals surface area (Å²) in [7, 11) is 0. The Kier molecular flexibility index (Phi) is 4.89. The summed E-state index contributed by atoms with van der Waals surface area (Å²) in [6.45, 7) is 2.31. The number of amides is 1. The minimum atomic E-state index is -0.447. The Balaban J connectivity index is 2.65. The van der Waals surface area contributed by atoms with Gasteiger partial charge in [-0.25, -0.2) is 4.39 Å². The number of nitrogens with one attached hydrogen (secondary N) is 1. The molecule has 88 valence electrons. The molecule has 1 aromatic rings. The van der Waals surface area contributed by atoms with Crippen molar-refractivity contribution in [2.75, 3.05) is 11.9 Å². The zero-order valence-electron chi connectivity index (χ0n) is 8.97. The SMILES string of the molecule is CC(CN)CC(=O)Nc1cc(Br)ccc1F. The van der Waals surface area contributed by atoms with Crippen molar-refractivity contribution in [3.05, 3.63) is 28.5 Å². The van der Waals surface area contributed by atoms with E-state index in [0.29, 0.717) is 13.0 Å². The summed E-state index contributed by atoms with van der Waals surface area (Å²) in [4.78, 5) is 11.5. The first-order valence-corrected chi connectivity index (χ1v) is 5.77. The molecule has 5 heteroatoms. The zero-order valence-corrected chi connectivity index (χ0v) is 10.6. The molecule has 0 bridgehead atoms. The monoisotopic (exact) mass is 288 g/mol. The average Bonchev–Trinajstić information content (AvgIpc) is 2.23. The Morgan fingerprint density at radius 1 is 1.62 bits per heavy atom. The number of hydrogen-bond acceptors (Lipinski definition) is 2.